The number of phenols is 1. The van der Waals surface area contributed by atoms with E-state index in [2.05, 4.69) is 12.2 Å². The van der Waals surface area contributed by atoms with Gasteiger partial charge in [-0.05, 0) is 36.8 Å². The molecule has 1 saturated carbocycles. The van der Waals surface area contributed by atoms with Gasteiger partial charge in [0.05, 0.1) is 12.3 Å². The van der Waals surface area contributed by atoms with Crippen LogP contribution in [0, 0.1) is 0 Å². The van der Waals surface area contributed by atoms with Crippen molar-refractivity contribution in [2.24, 2.45) is 0 Å². The lowest BCUT2D eigenvalue weighted by Crippen LogP contribution is -2.17. The Balaban J connectivity index is 2.14. The predicted octanol–water partition coefficient (Wildman–Crippen LogP) is 3.07. The zero-order valence-electron chi connectivity index (χ0n) is 11.1. The van der Waals surface area contributed by atoms with E-state index < -0.39 is 0 Å². The molecule has 0 atom stereocenters. The van der Waals surface area contributed by atoms with Crippen molar-refractivity contribution in [1.82, 2.24) is 0 Å². The Morgan fingerprint density at radius 1 is 1.53 bits per heavy atom. The summed E-state index contributed by atoms with van der Waals surface area (Å²) < 4.78 is 4.83. The molecule has 0 aromatic heterocycles. The molecule has 1 fully saturated rings. The molecule has 1 aliphatic rings. The lowest BCUT2D eigenvalue weighted by molar-refractivity contribution is -0.140. The smallest absolute Gasteiger partial charge is 0.325 e. The van der Waals surface area contributed by atoms with Crippen LogP contribution < -0.4 is 5.32 Å². The zero-order valence-corrected chi connectivity index (χ0v) is 11.9. The number of carbonyl (C=O) groups is 1. The number of ether oxygens (including phenoxy) is 1. The Morgan fingerprint density at radius 2 is 2.21 bits per heavy atom. The first-order valence-corrected chi connectivity index (χ1v) is 6.76. The Labute approximate surface area is 117 Å². The summed E-state index contributed by atoms with van der Waals surface area (Å²) >= 11 is 6.16. The van der Waals surface area contributed by atoms with E-state index in [-0.39, 0.29) is 23.7 Å². The second kappa shape index (κ2) is 5.29. The van der Waals surface area contributed by atoms with Gasteiger partial charge in [0, 0.05) is 11.1 Å². The first kappa shape index (κ1) is 14.0. The van der Waals surface area contributed by atoms with Crippen LogP contribution in [0.1, 0.15) is 32.3 Å². The molecule has 0 saturated heterocycles. The molecule has 0 heterocycles. The van der Waals surface area contributed by atoms with Crippen molar-refractivity contribution >= 4 is 23.3 Å². The standard InChI is InChI=1S/C14H18ClNO3/c1-3-19-13(18)8-16-11-6-9(14(2)4-5-14)10(15)7-12(11)17/h6-7,16-17H,3-5,8H2,1-2H3. The Hall–Kier alpha value is -1.42. The highest BCUT2D eigenvalue weighted by molar-refractivity contribution is 6.31. The molecule has 19 heavy (non-hydrogen) atoms. The highest BCUT2D eigenvalue weighted by atomic mass is 35.5. The first-order chi connectivity index (χ1) is 8.96. The molecule has 0 unspecified atom stereocenters. The summed E-state index contributed by atoms with van der Waals surface area (Å²) in [5.41, 5.74) is 1.63. The summed E-state index contributed by atoms with van der Waals surface area (Å²) in [7, 11) is 0. The van der Waals surface area contributed by atoms with Gasteiger partial charge in [-0.15, -0.1) is 0 Å². The van der Waals surface area contributed by atoms with Crippen LogP contribution in [-0.4, -0.2) is 24.2 Å². The van der Waals surface area contributed by atoms with Crippen LogP contribution in [0.2, 0.25) is 5.02 Å². The summed E-state index contributed by atoms with van der Waals surface area (Å²) in [4.78, 5) is 11.3. The number of benzene rings is 1. The minimum atomic E-state index is -0.351. The quantitative estimate of drug-likeness (QED) is 0.644. The van der Waals surface area contributed by atoms with E-state index in [1.807, 2.05) is 6.07 Å². The Kier molecular flexibility index (Phi) is 3.90. The number of anilines is 1. The Bertz CT molecular complexity index is 498. The fourth-order valence-corrected chi connectivity index (χ4v) is 2.39. The van der Waals surface area contributed by atoms with Crippen molar-refractivity contribution in [3.05, 3.63) is 22.7 Å². The zero-order chi connectivity index (χ0) is 14.0. The van der Waals surface area contributed by atoms with Gasteiger partial charge in [0.1, 0.15) is 12.3 Å². The number of hydrogen-bond acceptors (Lipinski definition) is 4. The molecule has 0 bridgehead atoms. The third-order valence-corrected chi connectivity index (χ3v) is 3.78. The van der Waals surface area contributed by atoms with Crippen LogP contribution in [0.5, 0.6) is 5.75 Å². The number of nitrogens with one attached hydrogen (secondary N) is 1. The maximum Gasteiger partial charge on any atom is 0.325 e. The van der Waals surface area contributed by atoms with Gasteiger partial charge in [-0.3, -0.25) is 4.79 Å². The number of phenolic OH excluding ortho intramolecular Hbond substituents is 1. The molecule has 0 aliphatic heterocycles. The fourth-order valence-electron chi connectivity index (χ4n) is 2.00. The number of esters is 1. The van der Waals surface area contributed by atoms with Gasteiger partial charge in [-0.2, -0.15) is 0 Å². The molecule has 2 rings (SSSR count). The molecule has 5 heteroatoms. The second-order valence-corrected chi connectivity index (χ2v) is 5.48. The molecular formula is C14H18ClNO3. The first-order valence-electron chi connectivity index (χ1n) is 6.39. The van der Waals surface area contributed by atoms with E-state index in [9.17, 15) is 9.90 Å². The van der Waals surface area contributed by atoms with Crippen molar-refractivity contribution in [3.63, 3.8) is 0 Å². The van der Waals surface area contributed by atoms with Crippen molar-refractivity contribution in [3.8, 4) is 5.75 Å². The van der Waals surface area contributed by atoms with Crippen LogP contribution in [-0.2, 0) is 14.9 Å². The van der Waals surface area contributed by atoms with Crippen LogP contribution in [0.4, 0.5) is 5.69 Å². The maximum absolute atomic E-state index is 11.3. The summed E-state index contributed by atoms with van der Waals surface area (Å²) in [5.74, 6) is -0.307. The molecule has 0 amide bonds. The molecule has 0 spiro atoms. The van der Waals surface area contributed by atoms with Gasteiger partial charge in [0.15, 0.2) is 0 Å². The SMILES string of the molecule is CCOC(=O)CNc1cc(C2(C)CC2)c(Cl)cc1O. The van der Waals surface area contributed by atoms with E-state index in [4.69, 9.17) is 16.3 Å². The molecule has 0 radical (unpaired) electrons. The summed E-state index contributed by atoms with van der Waals surface area (Å²) in [6, 6.07) is 3.35. The van der Waals surface area contributed by atoms with E-state index in [1.165, 1.54) is 6.07 Å². The third-order valence-electron chi connectivity index (χ3n) is 3.46. The normalized spacial score (nSPS) is 15.9. The highest BCUT2D eigenvalue weighted by Crippen LogP contribution is 2.51. The van der Waals surface area contributed by atoms with Gasteiger partial charge in [0.25, 0.3) is 0 Å². The minimum Gasteiger partial charge on any atom is -0.506 e. The van der Waals surface area contributed by atoms with Crippen molar-refractivity contribution in [2.75, 3.05) is 18.5 Å². The fraction of sp³-hybridized carbons (Fsp3) is 0.500. The second-order valence-electron chi connectivity index (χ2n) is 5.07. The van der Waals surface area contributed by atoms with Gasteiger partial charge < -0.3 is 15.2 Å². The number of aromatic hydroxyl groups is 1. The van der Waals surface area contributed by atoms with Crippen LogP contribution in [0.25, 0.3) is 0 Å². The number of halogens is 1. The lowest BCUT2D eigenvalue weighted by Gasteiger charge is -2.15. The van der Waals surface area contributed by atoms with Crippen molar-refractivity contribution in [1.29, 1.82) is 0 Å². The maximum atomic E-state index is 11.3. The largest absolute Gasteiger partial charge is 0.506 e. The van der Waals surface area contributed by atoms with E-state index in [0.717, 1.165) is 18.4 Å². The monoisotopic (exact) mass is 283 g/mol. The number of hydrogen-bond donors (Lipinski definition) is 2. The lowest BCUT2D eigenvalue weighted by atomic mass is 9.97. The van der Waals surface area contributed by atoms with Gasteiger partial charge in [-0.25, -0.2) is 0 Å². The topological polar surface area (TPSA) is 58.6 Å². The molecule has 4 nitrogen and oxygen atoms in total. The Morgan fingerprint density at radius 3 is 2.79 bits per heavy atom. The third kappa shape index (κ3) is 3.13. The molecule has 2 N–H and O–H groups in total. The summed E-state index contributed by atoms with van der Waals surface area (Å²) in [5, 5.41) is 13.3. The minimum absolute atomic E-state index is 0.0270. The van der Waals surface area contributed by atoms with Crippen molar-refractivity contribution in [2.45, 2.75) is 32.1 Å². The average molecular weight is 284 g/mol. The summed E-state index contributed by atoms with van der Waals surface area (Å²) in [6.45, 7) is 4.26. The van der Waals surface area contributed by atoms with Crippen LogP contribution in [0.3, 0.4) is 0 Å². The highest BCUT2D eigenvalue weighted by Gasteiger charge is 2.40. The predicted molar refractivity (Wildman–Crippen MR) is 74.8 cm³/mol. The number of rotatable bonds is 5. The van der Waals surface area contributed by atoms with E-state index in [0.29, 0.717) is 17.3 Å². The van der Waals surface area contributed by atoms with Crippen LogP contribution in [0.15, 0.2) is 12.1 Å². The summed E-state index contributed by atoms with van der Waals surface area (Å²) in [6.07, 6.45) is 2.18. The van der Waals surface area contributed by atoms with E-state index >= 15 is 0 Å². The molecule has 1 aromatic rings. The average Bonchev–Trinajstić information content (AvgIpc) is 3.07. The molecule has 104 valence electrons. The van der Waals surface area contributed by atoms with Crippen molar-refractivity contribution < 1.29 is 14.6 Å². The van der Waals surface area contributed by atoms with Crippen LogP contribution >= 0.6 is 11.6 Å². The van der Waals surface area contributed by atoms with Gasteiger partial charge in [-0.1, -0.05) is 18.5 Å². The molecule has 1 aliphatic carbocycles. The number of carbonyl (C=O) groups excluding carboxylic acids is 1. The van der Waals surface area contributed by atoms with E-state index in [1.54, 1.807) is 6.92 Å². The molecule has 1 aromatic carbocycles. The van der Waals surface area contributed by atoms with Gasteiger partial charge >= 0.3 is 5.97 Å². The van der Waals surface area contributed by atoms with Gasteiger partial charge in [0.2, 0.25) is 0 Å². The molecular weight excluding hydrogens is 266 g/mol.